The minimum absolute atomic E-state index is 0.0115. The number of rotatable bonds is 5. The van der Waals surface area contributed by atoms with Crippen molar-refractivity contribution >= 4 is 28.5 Å². The van der Waals surface area contributed by atoms with Gasteiger partial charge in [-0.1, -0.05) is 0 Å². The van der Waals surface area contributed by atoms with Crippen LogP contribution in [-0.2, 0) is 22.5 Å². The Kier molecular flexibility index (Phi) is 7.51. The number of piperazine rings is 1. The Morgan fingerprint density at radius 2 is 1.91 bits per heavy atom. The molecule has 0 bridgehead atoms. The standard InChI is InChI=1S/C23H33N5O3S/c1-15-9-18(10-16(2)25-15)11-19-13-27(7-8-28(19)22(30)31-23(4,5)6)14-20-12-24-21(32-20)26-17(3)29/h9-10,12,19H,7-8,11,13-14H2,1-6H3,(H,24,26,29)/t19-/m0/s1. The number of aryl methyl sites for hydroxylation is 2. The van der Waals surface area contributed by atoms with Crippen LogP contribution in [0.5, 0.6) is 0 Å². The van der Waals surface area contributed by atoms with Crippen molar-refractivity contribution in [3.8, 4) is 0 Å². The number of amides is 2. The van der Waals surface area contributed by atoms with Crippen molar-refractivity contribution in [1.29, 1.82) is 0 Å². The van der Waals surface area contributed by atoms with E-state index in [1.807, 2.05) is 39.5 Å². The van der Waals surface area contributed by atoms with Crippen LogP contribution in [0, 0.1) is 13.8 Å². The second-order valence-corrected chi connectivity index (χ2v) is 10.5. The summed E-state index contributed by atoms with van der Waals surface area (Å²) >= 11 is 1.48. The van der Waals surface area contributed by atoms with Crippen molar-refractivity contribution < 1.29 is 14.3 Å². The number of nitrogens with zero attached hydrogens (tertiary/aromatic N) is 4. The summed E-state index contributed by atoms with van der Waals surface area (Å²) in [6.07, 6.45) is 2.27. The molecule has 32 heavy (non-hydrogen) atoms. The van der Waals surface area contributed by atoms with Gasteiger partial charge in [-0.15, -0.1) is 11.3 Å². The monoisotopic (exact) mass is 459 g/mol. The van der Waals surface area contributed by atoms with Gasteiger partial charge in [0.1, 0.15) is 5.60 Å². The first kappa shape index (κ1) is 24.1. The lowest BCUT2D eigenvalue weighted by Crippen LogP contribution is -2.56. The van der Waals surface area contributed by atoms with Crippen molar-refractivity contribution in [1.82, 2.24) is 19.8 Å². The quantitative estimate of drug-likeness (QED) is 0.732. The van der Waals surface area contributed by atoms with Gasteiger partial charge in [0.15, 0.2) is 5.13 Å². The Morgan fingerprint density at radius 1 is 1.22 bits per heavy atom. The van der Waals surface area contributed by atoms with Crippen LogP contribution in [0.4, 0.5) is 9.93 Å². The van der Waals surface area contributed by atoms with Crippen LogP contribution in [0.25, 0.3) is 0 Å². The molecular weight excluding hydrogens is 426 g/mol. The van der Waals surface area contributed by atoms with Gasteiger partial charge in [0, 0.05) is 55.6 Å². The molecule has 2 amide bonds. The summed E-state index contributed by atoms with van der Waals surface area (Å²) in [5, 5.41) is 3.34. The largest absolute Gasteiger partial charge is 0.444 e. The van der Waals surface area contributed by atoms with Crippen LogP contribution in [0.1, 0.15) is 49.5 Å². The first-order valence-electron chi connectivity index (χ1n) is 10.9. The molecule has 3 heterocycles. The number of thiazole rings is 1. The predicted molar refractivity (Wildman–Crippen MR) is 126 cm³/mol. The summed E-state index contributed by atoms with van der Waals surface area (Å²) in [5.74, 6) is -0.125. The van der Waals surface area contributed by atoms with E-state index >= 15 is 0 Å². The third kappa shape index (κ3) is 7.00. The fraction of sp³-hybridized carbons (Fsp3) is 0.565. The zero-order valence-electron chi connectivity index (χ0n) is 19.8. The van der Waals surface area contributed by atoms with Crippen LogP contribution < -0.4 is 5.32 Å². The number of hydrogen-bond acceptors (Lipinski definition) is 7. The summed E-state index contributed by atoms with van der Waals surface area (Å²) in [5.41, 5.74) is 2.59. The molecule has 1 atom stereocenters. The van der Waals surface area contributed by atoms with E-state index < -0.39 is 5.60 Å². The van der Waals surface area contributed by atoms with Gasteiger partial charge in [-0.05, 0) is 58.7 Å². The number of carbonyl (C=O) groups is 2. The maximum absolute atomic E-state index is 12.9. The number of anilines is 1. The molecule has 1 aliphatic heterocycles. The second-order valence-electron chi connectivity index (χ2n) is 9.34. The smallest absolute Gasteiger partial charge is 0.410 e. The molecule has 0 unspecified atom stereocenters. The van der Waals surface area contributed by atoms with Gasteiger partial charge in [-0.25, -0.2) is 9.78 Å². The zero-order chi connectivity index (χ0) is 23.5. The number of aromatic nitrogens is 2. The normalized spacial score (nSPS) is 17.3. The molecular formula is C23H33N5O3S. The molecule has 9 heteroatoms. The van der Waals surface area contributed by atoms with Crippen LogP contribution >= 0.6 is 11.3 Å². The first-order chi connectivity index (χ1) is 15.0. The van der Waals surface area contributed by atoms with Crippen molar-refractivity contribution in [2.75, 3.05) is 25.0 Å². The highest BCUT2D eigenvalue weighted by molar-refractivity contribution is 7.15. The Morgan fingerprint density at radius 3 is 2.53 bits per heavy atom. The van der Waals surface area contributed by atoms with Crippen molar-refractivity contribution in [3.05, 3.63) is 40.2 Å². The first-order valence-corrected chi connectivity index (χ1v) is 11.7. The van der Waals surface area contributed by atoms with E-state index in [9.17, 15) is 9.59 Å². The minimum atomic E-state index is -0.536. The average Bonchev–Trinajstić information content (AvgIpc) is 3.05. The van der Waals surface area contributed by atoms with E-state index in [0.29, 0.717) is 11.7 Å². The summed E-state index contributed by atoms with van der Waals surface area (Å²) in [4.78, 5) is 38.2. The van der Waals surface area contributed by atoms with Crippen molar-refractivity contribution in [3.63, 3.8) is 0 Å². The van der Waals surface area contributed by atoms with Crippen molar-refractivity contribution in [2.45, 2.75) is 66.2 Å². The van der Waals surface area contributed by atoms with E-state index in [0.717, 1.165) is 42.3 Å². The van der Waals surface area contributed by atoms with Gasteiger partial charge in [-0.3, -0.25) is 14.7 Å². The Bertz CT molecular complexity index is 949. The molecule has 174 valence electrons. The van der Waals surface area contributed by atoms with Gasteiger partial charge in [-0.2, -0.15) is 0 Å². The molecule has 8 nitrogen and oxygen atoms in total. The second kappa shape index (κ2) is 9.95. The number of pyridine rings is 1. The summed E-state index contributed by atoms with van der Waals surface area (Å²) in [7, 11) is 0. The van der Waals surface area contributed by atoms with Gasteiger partial charge in [0.05, 0.1) is 6.04 Å². The number of nitrogens with one attached hydrogen (secondary N) is 1. The van der Waals surface area contributed by atoms with Gasteiger partial charge < -0.3 is 15.0 Å². The number of hydrogen-bond donors (Lipinski definition) is 1. The molecule has 1 fully saturated rings. The molecule has 2 aromatic rings. The minimum Gasteiger partial charge on any atom is -0.444 e. The molecule has 0 saturated carbocycles. The van der Waals surface area contributed by atoms with Gasteiger partial charge in [0.25, 0.3) is 0 Å². The highest BCUT2D eigenvalue weighted by Gasteiger charge is 2.33. The molecule has 0 aliphatic carbocycles. The van der Waals surface area contributed by atoms with Crippen LogP contribution in [0.2, 0.25) is 0 Å². The highest BCUT2D eigenvalue weighted by Crippen LogP contribution is 2.24. The SMILES string of the molecule is CC(=O)Nc1ncc(CN2CCN(C(=O)OC(C)(C)C)[C@@H](Cc3cc(C)nc(C)c3)C2)s1. The number of ether oxygens (including phenoxy) is 1. The third-order valence-corrected chi connectivity index (χ3v) is 5.92. The molecule has 3 rings (SSSR count). The fourth-order valence-electron chi connectivity index (χ4n) is 3.92. The summed E-state index contributed by atoms with van der Waals surface area (Å²) in [6, 6.07) is 4.16. The van der Waals surface area contributed by atoms with Gasteiger partial charge in [0.2, 0.25) is 5.91 Å². The van der Waals surface area contributed by atoms with Crippen LogP contribution in [0.3, 0.4) is 0 Å². The summed E-state index contributed by atoms with van der Waals surface area (Å²) < 4.78 is 5.69. The predicted octanol–water partition coefficient (Wildman–Crippen LogP) is 3.78. The molecule has 0 aromatic carbocycles. The number of carbonyl (C=O) groups excluding carboxylic acids is 2. The van der Waals surface area contributed by atoms with Crippen LogP contribution in [0.15, 0.2) is 18.3 Å². The van der Waals surface area contributed by atoms with E-state index in [1.165, 1.54) is 23.8 Å². The molecule has 1 aliphatic rings. The maximum atomic E-state index is 12.9. The average molecular weight is 460 g/mol. The molecule has 2 aromatic heterocycles. The van der Waals surface area contributed by atoms with Crippen molar-refractivity contribution in [2.24, 2.45) is 0 Å². The molecule has 0 radical (unpaired) electrons. The molecule has 1 N–H and O–H groups in total. The molecule has 0 spiro atoms. The fourth-order valence-corrected chi connectivity index (χ4v) is 4.82. The Balaban J connectivity index is 1.75. The van der Waals surface area contributed by atoms with E-state index in [2.05, 4.69) is 32.3 Å². The van der Waals surface area contributed by atoms with Crippen LogP contribution in [-0.4, -0.2) is 63.0 Å². The Labute approximate surface area is 194 Å². The zero-order valence-corrected chi connectivity index (χ0v) is 20.6. The van der Waals surface area contributed by atoms with E-state index in [-0.39, 0.29) is 18.0 Å². The van der Waals surface area contributed by atoms with Gasteiger partial charge >= 0.3 is 6.09 Å². The topological polar surface area (TPSA) is 87.7 Å². The summed E-state index contributed by atoms with van der Waals surface area (Å²) in [6.45, 7) is 13.9. The molecule has 1 saturated heterocycles. The maximum Gasteiger partial charge on any atom is 0.410 e. The van der Waals surface area contributed by atoms with E-state index in [1.54, 1.807) is 6.20 Å². The Hall–Kier alpha value is -2.52. The lowest BCUT2D eigenvalue weighted by Gasteiger charge is -2.41. The highest BCUT2D eigenvalue weighted by atomic mass is 32.1. The lowest BCUT2D eigenvalue weighted by atomic mass is 10.0. The lowest BCUT2D eigenvalue weighted by molar-refractivity contribution is -0.114. The third-order valence-electron chi connectivity index (χ3n) is 5.02. The van der Waals surface area contributed by atoms with E-state index in [4.69, 9.17) is 4.74 Å².